The highest BCUT2D eigenvalue weighted by Gasteiger charge is 2.35. The summed E-state index contributed by atoms with van der Waals surface area (Å²) < 4.78 is 5.35. The molecular formula is C17H22ClN3O2. The molecule has 0 bridgehead atoms. The van der Waals surface area contributed by atoms with Gasteiger partial charge in [-0.15, -0.1) is 12.4 Å². The molecule has 5 nitrogen and oxygen atoms in total. The van der Waals surface area contributed by atoms with Crippen molar-refractivity contribution in [3.8, 4) is 11.5 Å². The third kappa shape index (κ3) is 3.74. The van der Waals surface area contributed by atoms with Crippen molar-refractivity contribution in [2.24, 2.45) is 5.73 Å². The Hall–Kier alpha value is -1.85. The van der Waals surface area contributed by atoms with Gasteiger partial charge in [0.1, 0.15) is 6.26 Å². The lowest BCUT2D eigenvalue weighted by Gasteiger charge is -2.31. The maximum Gasteiger partial charge on any atom is 0.244 e. The van der Waals surface area contributed by atoms with E-state index in [1.807, 2.05) is 25.1 Å². The third-order valence-electron chi connectivity index (χ3n) is 4.36. The van der Waals surface area contributed by atoms with Crippen LogP contribution in [0.3, 0.4) is 0 Å². The maximum atomic E-state index is 12.5. The molecule has 1 aromatic carbocycles. The van der Waals surface area contributed by atoms with Gasteiger partial charge in [0, 0.05) is 11.3 Å². The normalized spacial score (nSPS) is 16.4. The molecule has 3 N–H and O–H groups in total. The highest BCUT2D eigenvalue weighted by molar-refractivity contribution is 5.98. The Balaban J connectivity index is 0.00000192. The number of nitrogens with one attached hydrogen (secondary N) is 1. The molecule has 0 atom stereocenters. The van der Waals surface area contributed by atoms with Gasteiger partial charge in [-0.05, 0) is 37.5 Å². The summed E-state index contributed by atoms with van der Waals surface area (Å²) in [6.45, 7) is 1.98. The van der Waals surface area contributed by atoms with Crippen LogP contribution in [0.4, 0.5) is 5.69 Å². The molecule has 1 amide bonds. The van der Waals surface area contributed by atoms with Crippen LogP contribution in [0.25, 0.3) is 11.5 Å². The van der Waals surface area contributed by atoms with Crippen LogP contribution in [-0.2, 0) is 4.79 Å². The quantitative estimate of drug-likeness (QED) is 0.896. The fraction of sp³-hybridized carbons (Fsp3) is 0.412. The molecule has 1 saturated carbocycles. The summed E-state index contributed by atoms with van der Waals surface area (Å²) in [4.78, 5) is 16.7. The van der Waals surface area contributed by atoms with E-state index < -0.39 is 5.54 Å². The van der Waals surface area contributed by atoms with Gasteiger partial charge in [0.05, 0.1) is 11.7 Å². The number of aryl methyl sites for hydroxylation is 1. The SMILES string of the molecule is Cc1ccc(NC(=O)C2(N)CCCCC2)cc1-c1ncco1.Cl. The average molecular weight is 336 g/mol. The van der Waals surface area contributed by atoms with Crippen LogP contribution in [0.1, 0.15) is 37.7 Å². The number of hydrogen-bond acceptors (Lipinski definition) is 4. The number of rotatable bonds is 3. The van der Waals surface area contributed by atoms with Gasteiger partial charge in [0.15, 0.2) is 0 Å². The third-order valence-corrected chi connectivity index (χ3v) is 4.36. The molecule has 0 unspecified atom stereocenters. The fourth-order valence-electron chi connectivity index (χ4n) is 2.95. The second-order valence-electron chi connectivity index (χ2n) is 6.04. The number of hydrogen-bond donors (Lipinski definition) is 2. The largest absolute Gasteiger partial charge is 0.445 e. The first-order valence-electron chi connectivity index (χ1n) is 7.69. The summed E-state index contributed by atoms with van der Waals surface area (Å²) >= 11 is 0. The van der Waals surface area contributed by atoms with E-state index in [1.54, 1.807) is 6.20 Å². The monoisotopic (exact) mass is 335 g/mol. The molecule has 124 valence electrons. The van der Waals surface area contributed by atoms with Gasteiger partial charge >= 0.3 is 0 Å². The minimum absolute atomic E-state index is 0. The molecular weight excluding hydrogens is 314 g/mol. The second kappa shape index (κ2) is 7.15. The number of nitrogens with zero attached hydrogens (tertiary/aromatic N) is 1. The van der Waals surface area contributed by atoms with Crippen molar-refractivity contribution in [2.75, 3.05) is 5.32 Å². The predicted octanol–water partition coefficient (Wildman–Crippen LogP) is 3.67. The minimum Gasteiger partial charge on any atom is -0.445 e. The first-order valence-corrected chi connectivity index (χ1v) is 7.69. The first-order chi connectivity index (χ1) is 10.6. The van der Waals surface area contributed by atoms with Crippen LogP contribution >= 0.6 is 12.4 Å². The maximum absolute atomic E-state index is 12.5. The fourth-order valence-corrected chi connectivity index (χ4v) is 2.95. The Labute approximate surface area is 142 Å². The summed E-state index contributed by atoms with van der Waals surface area (Å²) in [7, 11) is 0. The molecule has 2 aromatic rings. The first kappa shape index (κ1) is 17.5. The Morgan fingerprint density at radius 2 is 2.04 bits per heavy atom. The van der Waals surface area contributed by atoms with Crippen LogP contribution in [0.2, 0.25) is 0 Å². The molecule has 3 rings (SSSR count). The Morgan fingerprint density at radius 1 is 1.30 bits per heavy atom. The van der Waals surface area contributed by atoms with Crippen molar-refractivity contribution < 1.29 is 9.21 Å². The molecule has 0 saturated heterocycles. The van der Waals surface area contributed by atoms with Crippen LogP contribution in [0.5, 0.6) is 0 Å². The van der Waals surface area contributed by atoms with E-state index >= 15 is 0 Å². The molecule has 0 radical (unpaired) electrons. The summed E-state index contributed by atoms with van der Waals surface area (Å²) in [5, 5.41) is 2.95. The summed E-state index contributed by atoms with van der Waals surface area (Å²) in [5.74, 6) is 0.447. The van der Waals surface area contributed by atoms with Crippen molar-refractivity contribution in [3.63, 3.8) is 0 Å². The molecule has 6 heteroatoms. The van der Waals surface area contributed by atoms with Crippen molar-refractivity contribution in [1.29, 1.82) is 0 Å². The molecule has 1 fully saturated rings. The molecule has 23 heavy (non-hydrogen) atoms. The number of carbonyl (C=O) groups excluding carboxylic acids is 1. The van der Waals surface area contributed by atoms with Gasteiger partial charge < -0.3 is 15.5 Å². The van der Waals surface area contributed by atoms with E-state index in [2.05, 4.69) is 10.3 Å². The number of anilines is 1. The smallest absolute Gasteiger partial charge is 0.244 e. The van der Waals surface area contributed by atoms with Gasteiger partial charge in [-0.25, -0.2) is 4.98 Å². The summed E-state index contributed by atoms with van der Waals surface area (Å²) in [6, 6.07) is 5.70. The van der Waals surface area contributed by atoms with Crippen LogP contribution in [0.15, 0.2) is 35.1 Å². The van der Waals surface area contributed by atoms with E-state index in [9.17, 15) is 4.79 Å². The number of halogens is 1. The Morgan fingerprint density at radius 3 is 2.70 bits per heavy atom. The molecule has 1 heterocycles. The van der Waals surface area contributed by atoms with Gasteiger partial charge in [-0.3, -0.25) is 4.79 Å². The average Bonchev–Trinajstić information content (AvgIpc) is 3.04. The van der Waals surface area contributed by atoms with Gasteiger partial charge in [-0.1, -0.05) is 25.3 Å². The van der Waals surface area contributed by atoms with Gasteiger partial charge in [0.25, 0.3) is 0 Å². The summed E-state index contributed by atoms with van der Waals surface area (Å²) in [6.07, 6.45) is 7.83. The van der Waals surface area contributed by atoms with Crippen molar-refractivity contribution >= 4 is 24.0 Å². The topological polar surface area (TPSA) is 81.2 Å². The number of carbonyl (C=O) groups is 1. The lowest BCUT2D eigenvalue weighted by atomic mass is 9.82. The van der Waals surface area contributed by atoms with Crippen molar-refractivity contribution in [3.05, 3.63) is 36.2 Å². The molecule has 1 aliphatic rings. The van der Waals surface area contributed by atoms with Crippen molar-refractivity contribution in [1.82, 2.24) is 4.98 Å². The zero-order chi connectivity index (χ0) is 15.6. The number of oxazole rings is 1. The Bertz CT molecular complexity index is 664. The van der Waals surface area contributed by atoms with Gasteiger partial charge in [0.2, 0.25) is 11.8 Å². The molecule has 0 aliphatic heterocycles. The zero-order valence-corrected chi connectivity index (χ0v) is 14.0. The lowest BCUT2D eigenvalue weighted by Crippen LogP contribution is -2.52. The highest BCUT2D eigenvalue weighted by Crippen LogP contribution is 2.29. The van der Waals surface area contributed by atoms with E-state index in [0.29, 0.717) is 5.89 Å². The molecule has 0 spiro atoms. The molecule has 1 aliphatic carbocycles. The van der Waals surface area contributed by atoms with Crippen LogP contribution < -0.4 is 11.1 Å². The van der Waals surface area contributed by atoms with E-state index in [4.69, 9.17) is 10.2 Å². The Kier molecular flexibility index (Phi) is 5.44. The number of nitrogens with two attached hydrogens (primary N) is 1. The standard InChI is InChI=1S/C17H21N3O2.ClH/c1-12-5-6-13(11-14(12)15-19-9-10-22-15)20-16(21)17(18)7-3-2-4-8-17;/h5-6,9-11H,2-4,7-8,18H2,1H3,(H,20,21);1H. The number of benzene rings is 1. The van der Waals surface area contributed by atoms with Crippen molar-refractivity contribution in [2.45, 2.75) is 44.6 Å². The zero-order valence-electron chi connectivity index (χ0n) is 13.2. The van der Waals surface area contributed by atoms with Crippen LogP contribution in [-0.4, -0.2) is 16.4 Å². The summed E-state index contributed by atoms with van der Waals surface area (Å²) in [5.41, 5.74) is 8.16. The number of aromatic nitrogens is 1. The highest BCUT2D eigenvalue weighted by atomic mass is 35.5. The van der Waals surface area contributed by atoms with E-state index in [-0.39, 0.29) is 18.3 Å². The van der Waals surface area contributed by atoms with Crippen LogP contribution in [0, 0.1) is 6.92 Å². The number of amides is 1. The lowest BCUT2D eigenvalue weighted by molar-refractivity contribution is -0.122. The second-order valence-corrected chi connectivity index (χ2v) is 6.04. The van der Waals surface area contributed by atoms with E-state index in [0.717, 1.165) is 48.9 Å². The van der Waals surface area contributed by atoms with Gasteiger partial charge in [-0.2, -0.15) is 0 Å². The predicted molar refractivity (Wildman–Crippen MR) is 92.6 cm³/mol. The minimum atomic E-state index is -0.744. The molecule has 1 aromatic heterocycles. The van der Waals surface area contributed by atoms with E-state index in [1.165, 1.54) is 6.26 Å².